The third-order valence-electron chi connectivity index (χ3n) is 3.78. The van der Waals surface area contributed by atoms with Gasteiger partial charge in [0.15, 0.2) is 0 Å². The second kappa shape index (κ2) is 4.23. The van der Waals surface area contributed by atoms with Gasteiger partial charge in [-0.3, -0.25) is 4.79 Å². The molecule has 1 amide bonds. The van der Waals surface area contributed by atoms with Crippen LogP contribution in [0.1, 0.15) is 24.8 Å². The van der Waals surface area contributed by atoms with Gasteiger partial charge >= 0.3 is 0 Å². The van der Waals surface area contributed by atoms with E-state index in [-0.39, 0.29) is 16.0 Å². The van der Waals surface area contributed by atoms with E-state index in [1.54, 1.807) is 16.7 Å². The van der Waals surface area contributed by atoms with Gasteiger partial charge in [0.1, 0.15) is 12.1 Å². The number of aliphatic hydroxyl groups is 1. The third-order valence-corrected chi connectivity index (χ3v) is 6.31. The normalized spacial score (nSPS) is 33.5. The summed E-state index contributed by atoms with van der Waals surface area (Å²) in [4.78, 5) is 14.7. The third kappa shape index (κ3) is 1.72. The number of aliphatic hydroxyl groups excluding tert-OH is 1. The Balaban J connectivity index is 1.86. The predicted octanol–water partition coefficient (Wildman–Crippen LogP) is 1.98. The van der Waals surface area contributed by atoms with Crippen LogP contribution in [0.15, 0.2) is 17.5 Å². The lowest BCUT2D eigenvalue weighted by Crippen LogP contribution is -2.61. The Morgan fingerprint density at radius 3 is 2.89 bits per heavy atom. The van der Waals surface area contributed by atoms with Gasteiger partial charge in [-0.1, -0.05) is 6.07 Å². The lowest BCUT2D eigenvalue weighted by Gasteiger charge is -2.44. The number of nitrogens with zero attached hydrogens (tertiary/aromatic N) is 2. The van der Waals surface area contributed by atoms with Gasteiger partial charge in [0.05, 0.1) is 17.4 Å². The van der Waals surface area contributed by atoms with Gasteiger partial charge in [0.25, 0.3) is 0 Å². The first-order valence-electron chi connectivity index (χ1n) is 6.08. The smallest absolute Gasteiger partial charge is 0.233 e. The molecule has 2 aliphatic rings. The largest absolute Gasteiger partial charge is 0.387 e. The molecule has 19 heavy (non-hydrogen) atoms. The van der Waals surface area contributed by atoms with Crippen LogP contribution in [-0.4, -0.2) is 32.1 Å². The summed E-state index contributed by atoms with van der Waals surface area (Å²) in [6.45, 7) is 3.96. The van der Waals surface area contributed by atoms with Gasteiger partial charge in [-0.05, 0) is 25.3 Å². The number of amides is 1. The van der Waals surface area contributed by atoms with E-state index in [0.717, 1.165) is 4.88 Å². The van der Waals surface area contributed by atoms with Gasteiger partial charge < -0.3 is 10.0 Å². The maximum atomic E-state index is 12.2. The van der Waals surface area contributed by atoms with E-state index in [2.05, 4.69) is 6.07 Å². The fourth-order valence-corrected chi connectivity index (χ4v) is 5.20. The highest BCUT2D eigenvalue weighted by Gasteiger charge is 2.63. The van der Waals surface area contributed by atoms with Crippen molar-refractivity contribution >= 4 is 29.0 Å². The van der Waals surface area contributed by atoms with Gasteiger partial charge in [0, 0.05) is 9.62 Å². The Hall–Kier alpha value is -1.03. The standard InChI is InChI=1S/C13H14N2O2S2/c1-13(2)8(6-14)15-11(17)9(12(15)19-13)10(16)7-4-3-5-18-7/h3-5,8-10,12,16H,1-2H3/t8-,9-,10?,12+/m0/s1. The summed E-state index contributed by atoms with van der Waals surface area (Å²) < 4.78 is -0.279. The molecule has 3 heterocycles. The van der Waals surface area contributed by atoms with E-state index in [1.807, 2.05) is 31.4 Å². The van der Waals surface area contributed by atoms with E-state index >= 15 is 0 Å². The molecule has 0 bridgehead atoms. The van der Waals surface area contributed by atoms with Crippen LogP contribution in [0.4, 0.5) is 0 Å². The number of hydrogen-bond donors (Lipinski definition) is 1. The predicted molar refractivity (Wildman–Crippen MR) is 74.5 cm³/mol. The quantitative estimate of drug-likeness (QED) is 0.847. The molecule has 1 aromatic heterocycles. The van der Waals surface area contributed by atoms with Crippen molar-refractivity contribution in [3.63, 3.8) is 0 Å². The van der Waals surface area contributed by atoms with Crippen molar-refractivity contribution in [1.29, 1.82) is 5.26 Å². The minimum absolute atomic E-state index is 0.0794. The zero-order valence-corrected chi connectivity index (χ0v) is 12.2. The van der Waals surface area contributed by atoms with Crippen LogP contribution in [0.5, 0.6) is 0 Å². The van der Waals surface area contributed by atoms with E-state index in [9.17, 15) is 15.2 Å². The molecule has 0 spiro atoms. The molecule has 4 nitrogen and oxygen atoms in total. The Labute approximate surface area is 120 Å². The summed E-state index contributed by atoms with van der Waals surface area (Å²) in [5.74, 6) is -0.517. The number of thioether (sulfide) groups is 1. The number of thiophene rings is 1. The van der Waals surface area contributed by atoms with Crippen LogP contribution in [-0.2, 0) is 4.79 Å². The van der Waals surface area contributed by atoms with Gasteiger partial charge in [-0.15, -0.1) is 23.1 Å². The van der Waals surface area contributed by atoms with E-state index in [0.29, 0.717) is 0 Å². The number of hydrogen-bond acceptors (Lipinski definition) is 5. The monoisotopic (exact) mass is 294 g/mol. The lowest BCUT2D eigenvalue weighted by molar-refractivity contribution is -0.158. The summed E-state index contributed by atoms with van der Waals surface area (Å²) >= 11 is 3.07. The highest BCUT2D eigenvalue weighted by Crippen LogP contribution is 2.55. The van der Waals surface area contributed by atoms with Crippen molar-refractivity contribution < 1.29 is 9.90 Å². The van der Waals surface area contributed by atoms with Gasteiger partial charge in [-0.25, -0.2) is 0 Å². The summed E-state index contributed by atoms with van der Waals surface area (Å²) in [5.41, 5.74) is 0. The topological polar surface area (TPSA) is 64.3 Å². The van der Waals surface area contributed by atoms with Crippen LogP contribution < -0.4 is 0 Å². The van der Waals surface area contributed by atoms with Gasteiger partial charge in [-0.2, -0.15) is 5.26 Å². The molecule has 2 saturated heterocycles. The molecule has 0 aromatic carbocycles. The van der Waals surface area contributed by atoms with Crippen molar-refractivity contribution in [2.45, 2.75) is 36.1 Å². The van der Waals surface area contributed by atoms with E-state index in [1.165, 1.54) is 11.3 Å². The minimum Gasteiger partial charge on any atom is -0.387 e. The zero-order valence-electron chi connectivity index (χ0n) is 10.6. The van der Waals surface area contributed by atoms with Crippen molar-refractivity contribution in [2.75, 3.05) is 0 Å². The van der Waals surface area contributed by atoms with Crippen molar-refractivity contribution in [3.05, 3.63) is 22.4 Å². The second-order valence-electron chi connectivity index (χ2n) is 5.38. The Kier molecular flexibility index (Phi) is 2.89. The summed E-state index contributed by atoms with van der Waals surface area (Å²) in [7, 11) is 0. The van der Waals surface area contributed by atoms with Crippen LogP contribution >= 0.6 is 23.1 Å². The average Bonchev–Trinajstić information content (AvgIpc) is 2.94. The molecule has 4 atom stereocenters. The molecule has 1 N–H and O–H groups in total. The van der Waals surface area contributed by atoms with Crippen molar-refractivity contribution in [2.24, 2.45) is 5.92 Å². The highest BCUT2D eigenvalue weighted by atomic mass is 32.2. The zero-order chi connectivity index (χ0) is 13.8. The molecule has 2 aliphatic heterocycles. The molecule has 6 heteroatoms. The first-order valence-corrected chi connectivity index (χ1v) is 7.84. The second-order valence-corrected chi connectivity index (χ2v) is 8.13. The lowest BCUT2D eigenvalue weighted by atomic mass is 9.88. The fourth-order valence-electron chi connectivity index (χ4n) is 2.77. The maximum absolute atomic E-state index is 12.2. The van der Waals surface area contributed by atoms with Crippen molar-refractivity contribution in [3.8, 4) is 6.07 Å². The van der Waals surface area contributed by atoms with E-state index in [4.69, 9.17) is 0 Å². The van der Waals surface area contributed by atoms with Gasteiger partial charge in [0.2, 0.25) is 5.91 Å². The summed E-state index contributed by atoms with van der Waals surface area (Å²) in [6, 6.07) is 5.53. The summed E-state index contributed by atoms with van der Waals surface area (Å²) in [6.07, 6.45) is -0.755. The minimum atomic E-state index is -0.755. The van der Waals surface area contributed by atoms with Crippen LogP contribution in [0.25, 0.3) is 0 Å². The highest BCUT2D eigenvalue weighted by molar-refractivity contribution is 8.01. The number of carbonyl (C=O) groups excluding carboxylic acids is 1. The number of carbonyl (C=O) groups is 1. The number of nitriles is 1. The fraction of sp³-hybridized carbons (Fsp3) is 0.538. The first kappa shape index (κ1) is 13.0. The molecule has 0 aliphatic carbocycles. The molecule has 1 aromatic rings. The van der Waals surface area contributed by atoms with Crippen LogP contribution in [0.3, 0.4) is 0 Å². The molecular formula is C13H14N2O2S2. The van der Waals surface area contributed by atoms with Crippen molar-refractivity contribution in [1.82, 2.24) is 4.90 Å². The van der Waals surface area contributed by atoms with Crippen LogP contribution in [0, 0.1) is 17.2 Å². The molecular weight excluding hydrogens is 280 g/mol. The molecule has 3 rings (SSSR count). The molecule has 100 valence electrons. The Bertz CT molecular complexity index is 549. The number of fused-ring (bicyclic) bond motifs is 1. The Morgan fingerprint density at radius 2 is 2.32 bits per heavy atom. The molecule has 0 saturated carbocycles. The number of β-lactam (4-membered cyclic amide) rings is 1. The number of rotatable bonds is 2. The van der Waals surface area contributed by atoms with Crippen LogP contribution in [0.2, 0.25) is 0 Å². The molecule has 1 unspecified atom stereocenters. The Morgan fingerprint density at radius 1 is 1.58 bits per heavy atom. The molecule has 2 fully saturated rings. The maximum Gasteiger partial charge on any atom is 0.233 e. The average molecular weight is 294 g/mol. The SMILES string of the molecule is CC1(C)S[C@@H]2[C@@H](C(O)c3cccs3)C(=O)N2[C@H]1C#N. The molecule has 0 radical (unpaired) electrons. The summed E-state index contributed by atoms with van der Waals surface area (Å²) in [5, 5.41) is 21.4. The van der Waals surface area contributed by atoms with E-state index < -0.39 is 18.1 Å². The first-order chi connectivity index (χ1) is 8.97.